The molecule has 0 aliphatic rings. The summed E-state index contributed by atoms with van der Waals surface area (Å²) in [7, 11) is -3.34. The predicted octanol–water partition coefficient (Wildman–Crippen LogP) is 1.22. The second-order valence-electron chi connectivity index (χ2n) is 5.01. The summed E-state index contributed by atoms with van der Waals surface area (Å²) in [5, 5.41) is 0. The topological polar surface area (TPSA) is 113 Å². The molecule has 8 nitrogen and oxygen atoms in total. The van der Waals surface area contributed by atoms with Gasteiger partial charge in [0.25, 0.3) is 5.91 Å². The van der Waals surface area contributed by atoms with E-state index in [-0.39, 0.29) is 0 Å². The van der Waals surface area contributed by atoms with Crippen molar-refractivity contribution < 1.29 is 13.2 Å². The van der Waals surface area contributed by atoms with Gasteiger partial charge in [0.05, 0.1) is 6.26 Å². The van der Waals surface area contributed by atoms with Crippen LogP contribution in [0.1, 0.15) is 21.7 Å². The number of hydrazine groups is 1. The number of carbonyl (C=O) groups excluding carboxylic acids is 1. The van der Waals surface area contributed by atoms with Crippen molar-refractivity contribution in [1.29, 1.82) is 0 Å². The Morgan fingerprint density at radius 2 is 1.61 bits per heavy atom. The first-order chi connectivity index (χ1) is 10.7. The summed E-state index contributed by atoms with van der Waals surface area (Å²) in [5.74, 6) is -0.0927. The maximum Gasteiger partial charge on any atom is 0.269 e. The highest BCUT2D eigenvalue weighted by Gasteiger charge is 2.07. The number of amides is 1. The first-order valence-electron chi connectivity index (χ1n) is 6.69. The number of aryl methyl sites for hydroxylation is 2. The highest BCUT2D eigenvalue weighted by Crippen LogP contribution is 2.11. The highest BCUT2D eigenvalue weighted by molar-refractivity contribution is 7.92. The lowest BCUT2D eigenvalue weighted by Gasteiger charge is -2.09. The Balaban J connectivity index is 2.00. The van der Waals surface area contributed by atoms with Crippen LogP contribution in [0.2, 0.25) is 0 Å². The maximum absolute atomic E-state index is 12.0. The molecule has 1 aromatic carbocycles. The molecule has 23 heavy (non-hydrogen) atoms. The van der Waals surface area contributed by atoms with E-state index in [9.17, 15) is 13.2 Å². The molecule has 0 bridgehead atoms. The van der Waals surface area contributed by atoms with Crippen molar-refractivity contribution in [1.82, 2.24) is 15.4 Å². The fourth-order valence-corrected chi connectivity index (χ4v) is 2.43. The summed E-state index contributed by atoms with van der Waals surface area (Å²) in [6.45, 7) is 3.66. The van der Waals surface area contributed by atoms with Crippen LogP contribution in [0.4, 0.5) is 11.6 Å². The fraction of sp³-hybridized carbons (Fsp3) is 0.214. The number of nitrogens with one attached hydrogen (secondary N) is 3. The number of rotatable bonds is 5. The van der Waals surface area contributed by atoms with Gasteiger partial charge in [-0.1, -0.05) is 0 Å². The molecule has 0 fully saturated rings. The Labute approximate surface area is 134 Å². The molecule has 0 saturated heterocycles. The van der Waals surface area contributed by atoms with Crippen LogP contribution in [0.3, 0.4) is 0 Å². The van der Waals surface area contributed by atoms with Gasteiger partial charge in [0.2, 0.25) is 16.0 Å². The molecule has 0 aliphatic carbocycles. The van der Waals surface area contributed by atoms with Gasteiger partial charge in [0, 0.05) is 22.6 Å². The average molecular weight is 335 g/mol. The second kappa shape index (κ2) is 6.61. The van der Waals surface area contributed by atoms with Gasteiger partial charge in [-0.05, 0) is 44.2 Å². The molecular formula is C14H17N5O3S. The number of hydrogen-bond acceptors (Lipinski definition) is 6. The largest absolute Gasteiger partial charge is 0.284 e. The molecule has 0 atom stereocenters. The van der Waals surface area contributed by atoms with Crippen LogP contribution in [0.5, 0.6) is 0 Å². The minimum Gasteiger partial charge on any atom is -0.284 e. The summed E-state index contributed by atoms with van der Waals surface area (Å²) >= 11 is 0. The van der Waals surface area contributed by atoms with E-state index in [1.54, 1.807) is 0 Å². The molecule has 1 heterocycles. The Morgan fingerprint density at radius 1 is 1.04 bits per heavy atom. The van der Waals surface area contributed by atoms with E-state index in [0.717, 1.165) is 17.6 Å². The molecule has 0 unspecified atom stereocenters. The number of sulfonamides is 1. The van der Waals surface area contributed by atoms with Crippen molar-refractivity contribution >= 4 is 27.6 Å². The van der Waals surface area contributed by atoms with Crippen LogP contribution in [0, 0.1) is 13.8 Å². The highest BCUT2D eigenvalue weighted by atomic mass is 32.2. The molecule has 1 aromatic heterocycles. The van der Waals surface area contributed by atoms with Crippen molar-refractivity contribution in [3.8, 4) is 0 Å². The van der Waals surface area contributed by atoms with Gasteiger partial charge in [-0.3, -0.25) is 20.4 Å². The zero-order valence-corrected chi connectivity index (χ0v) is 13.7. The monoisotopic (exact) mass is 335 g/mol. The lowest BCUT2D eigenvalue weighted by molar-refractivity contribution is 0.0962. The van der Waals surface area contributed by atoms with Gasteiger partial charge in [0.15, 0.2) is 0 Å². The zero-order chi connectivity index (χ0) is 17.0. The molecule has 2 rings (SSSR count). The summed E-state index contributed by atoms with van der Waals surface area (Å²) < 4.78 is 24.6. The Hall–Kier alpha value is -2.68. The molecular weight excluding hydrogens is 318 g/mol. The first kappa shape index (κ1) is 16.7. The quantitative estimate of drug-likeness (QED) is 0.708. The molecule has 0 aliphatic heterocycles. The minimum absolute atomic E-state index is 0.297. The first-order valence-corrected chi connectivity index (χ1v) is 8.58. The summed E-state index contributed by atoms with van der Waals surface area (Å²) in [6.07, 6.45) is 1.06. The molecule has 9 heteroatoms. The van der Waals surface area contributed by atoms with E-state index in [1.165, 1.54) is 24.3 Å². The van der Waals surface area contributed by atoms with Gasteiger partial charge in [-0.2, -0.15) is 0 Å². The van der Waals surface area contributed by atoms with E-state index in [0.29, 0.717) is 17.2 Å². The molecule has 0 radical (unpaired) electrons. The van der Waals surface area contributed by atoms with E-state index in [4.69, 9.17) is 0 Å². The zero-order valence-electron chi connectivity index (χ0n) is 12.9. The molecule has 2 aromatic rings. The van der Waals surface area contributed by atoms with Crippen LogP contribution in [-0.4, -0.2) is 30.5 Å². The Morgan fingerprint density at radius 3 is 2.13 bits per heavy atom. The predicted molar refractivity (Wildman–Crippen MR) is 87.5 cm³/mol. The van der Waals surface area contributed by atoms with Gasteiger partial charge in [0.1, 0.15) is 0 Å². The maximum atomic E-state index is 12.0. The summed E-state index contributed by atoms with van der Waals surface area (Å²) in [5.41, 5.74) is 7.44. The van der Waals surface area contributed by atoms with Crippen molar-refractivity contribution in [2.75, 3.05) is 16.4 Å². The third-order valence-electron chi connectivity index (χ3n) is 2.72. The number of aromatic nitrogens is 2. The van der Waals surface area contributed by atoms with Gasteiger partial charge in [-0.15, -0.1) is 0 Å². The molecule has 0 spiro atoms. The van der Waals surface area contributed by atoms with E-state index in [1.807, 2.05) is 19.9 Å². The SMILES string of the molecule is Cc1cc(C)nc(NNC(=O)c2ccc(NS(C)(=O)=O)cc2)n1. The van der Waals surface area contributed by atoms with Crippen LogP contribution < -0.4 is 15.6 Å². The van der Waals surface area contributed by atoms with Gasteiger partial charge >= 0.3 is 0 Å². The third-order valence-corrected chi connectivity index (χ3v) is 3.33. The molecule has 1 amide bonds. The van der Waals surface area contributed by atoms with Crippen molar-refractivity contribution in [2.45, 2.75) is 13.8 Å². The average Bonchev–Trinajstić information content (AvgIpc) is 2.43. The Kier molecular flexibility index (Phi) is 4.80. The molecule has 3 N–H and O–H groups in total. The summed E-state index contributed by atoms with van der Waals surface area (Å²) in [4.78, 5) is 20.3. The smallest absolute Gasteiger partial charge is 0.269 e. The van der Waals surface area contributed by atoms with Crippen LogP contribution in [0.25, 0.3) is 0 Å². The van der Waals surface area contributed by atoms with Gasteiger partial charge in [-0.25, -0.2) is 18.4 Å². The standard InChI is InChI=1S/C14H17N5O3S/c1-9-8-10(2)16-14(15-9)18-17-13(20)11-4-6-12(7-5-11)19-23(3,21)22/h4-8,19H,1-3H3,(H,17,20)(H,15,16,18). The number of hydrogen-bond donors (Lipinski definition) is 3. The van der Waals surface area contributed by atoms with E-state index >= 15 is 0 Å². The normalized spacial score (nSPS) is 10.9. The van der Waals surface area contributed by atoms with E-state index < -0.39 is 15.9 Å². The number of carbonyl (C=O) groups is 1. The molecule has 122 valence electrons. The van der Waals surface area contributed by atoms with Gasteiger partial charge < -0.3 is 0 Å². The minimum atomic E-state index is -3.34. The van der Waals surface area contributed by atoms with Crippen molar-refractivity contribution in [3.05, 3.63) is 47.3 Å². The van der Waals surface area contributed by atoms with Crippen LogP contribution in [0.15, 0.2) is 30.3 Å². The van der Waals surface area contributed by atoms with E-state index in [2.05, 4.69) is 25.5 Å². The number of nitrogens with zero attached hydrogens (tertiary/aromatic N) is 2. The third kappa shape index (κ3) is 5.22. The lowest BCUT2D eigenvalue weighted by atomic mass is 10.2. The van der Waals surface area contributed by atoms with Crippen molar-refractivity contribution in [2.24, 2.45) is 0 Å². The number of benzene rings is 1. The summed E-state index contributed by atoms with van der Waals surface area (Å²) in [6, 6.07) is 7.84. The molecule has 0 saturated carbocycles. The fourth-order valence-electron chi connectivity index (χ4n) is 1.87. The second-order valence-corrected chi connectivity index (χ2v) is 6.75. The Bertz CT molecular complexity index is 799. The van der Waals surface area contributed by atoms with Crippen LogP contribution in [-0.2, 0) is 10.0 Å². The number of anilines is 2. The lowest BCUT2D eigenvalue weighted by Crippen LogP contribution is -2.30. The van der Waals surface area contributed by atoms with Crippen LogP contribution >= 0.6 is 0 Å². The van der Waals surface area contributed by atoms with Crippen molar-refractivity contribution in [3.63, 3.8) is 0 Å².